The topological polar surface area (TPSA) is 80.9 Å². The highest BCUT2D eigenvalue weighted by atomic mass is 35.5. The molecular formula is C14H10ClN3O3. The summed E-state index contributed by atoms with van der Waals surface area (Å²) in [6.45, 7) is 0.452. The van der Waals surface area contributed by atoms with E-state index in [1.807, 2.05) is 30.3 Å². The Hall–Kier alpha value is -2.60. The second-order valence-corrected chi connectivity index (χ2v) is 4.94. The average molecular weight is 304 g/mol. The number of nitrogens with one attached hydrogen (secondary N) is 1. The van der Waals surface area contributed by atoms with Gasteiger partial charge in [0.15, 0.2) is 0 Å². The van der Waals surface area contributed by atoms with Crippen molar-refractivity contribution in [1.29, 1.82) is 0 Å². The summed E-state index contributed by atoms with van der Waals surface area (Å²) in [7, 11) is 0. The van der Waals surface area contributed by atoms with E-state index in [2.05, 4.69) is 5.10 Å². The zero-order chi connectivity index (χ0) is 15.0. The molecule has 0 spiro atoms. The van der Waals surface area contributed by atoms with Gasteiger partial charge in [0.2, 0.25) is 0 Å². The van der Waals surface area contributed by atoms with Crippen molar-refractivity contribution in [3.63, 3.8) is 0 Å². The average Bonchev–Trinajstić information content (AvgIpc) is 2.77. The third kappa shape index (κ3) is 2.30. The van der Waals surface area contributed by atoms with Gasteiger partial charge in [0.25, 0.3) is 11.2 Å². The summed E-state index contributed by atoms with van der Waals surface area (Å²) < 4.78 is 1.63. The van der Waals surface area contributed by atoms with Crippen LogP contribution in [0.25, 0.3) is 10.9 Å². The summed E-state index contributed by atoms with van der Waals surface area (Å²) in [5.41, 5.74) is 0.835. The van der Waals surface area contributed by atoms with E-state index in [0.717, 1.165) is 5.56 Å². The van der Waals surface area contributed by atoms with Crippen LogP contribution in [0.1, 0.15) is 5.56 Å². The molecule has 6 nitrogen and oxygen atoms in total. The predicted molar refractivity (Wildman–Crippen MR) is 79.8 cm³/mol. The van der Waals surface area contributed by atoms with Crippen LogP contribution in [0.3, 0.4) is 0 Å². The fraction of sp³-hybridized carbons (Fsp3) is 0.0714. The highest BCUT2D eigenvalue weighted by Crippen LogP contribution is 2.30. The molecule has 0 saturated heterocycles. The van der Waals surface area contributed by atoms with Crippen molar-refractivity contribution >= 4 is 28.2 Å². The molecule has 0 radical (unpaired) electrons. The molecule has 2 aromatic carbocycles. The summed E-state index contributed by atoms with van der Waals surface area (Å²) in [5.74, 6) is 0. The minimum atomic E-state index is -0.601. The maximum Gasteiger partial charge on any atom is 0.288 e. The number of halogens is 1. The Balaban J connectivity index is 2.16. The lowest BCUT2D eigenvalue weighted by Gasteiger charge is -2.05. The molecule has 0 fully saturated rings. The van der Waals surface area contributed by atoms with E-state index in [4.69, 9.17) is 11.6 Å². The SMILES string of the molecule is O=c1[nH]n(Cc2ccccc2)c2ccc([N+](=O)[O-])c(Cl)c12. The molecule has 0 aliphatic carbocycles. The molecular weight excluding hydrogens is 294 g/mol. The molecule has 1 N–H and O–H groups in total. The quantitative estimate of drug-likeness (QED) is 0.596. The standard InChI is InChI=1S/C14H10ClN3O3/c15-13-11(18(20)21)7-6-10-12(13)14(19)16-17(10)8-9-4-2-1-3-5-9/h1-7H,8H2,(H,16,19). The number of H-pyrrole nitrogens is 1. The van der Waals surface area contributed by atoms with Crippen LogP contribution in [0.2, 0.25) is 5.02 Å². The zero-order valence-electron chi connectivity index (χ0n) is 10.7. The van der Waals surface area contributed by atoms with Gasteiger partial charge in [-0.2, -0.15) is 0 Å². The molecule has 21 heavy (non-hydrogen) atoms. The third-order valence-corrected chi connectivity index (χ3v) is 3.62. The van der Waals surface area contributed by atoms with E-state index in [-0.39, 0.29) is 16.1 Å². The molecule has 0 unspecified atom stereocenters. The van der Waals surface area contributed by atoms with E-state index in [1.54, 1.807) is 4.68 Å². The number of nitro benzene ring substituents is 1. The number of hydrogen-bond acceptors (Lipinski definition) is 3. The molecule has 0 aliphatic rings. The van der Waals surface area contributed by atoms with Crippen LogP contribution in [0.5, 0.6) is 0 Å². The first-order valence-corrected chi connectivity index (χ1v) is 6.55. The van der Waals surface area contributed by atoms with Crippen LogP contribution in [-0.2, 0) is 6.54 Å². The van der Waals surface area contributed by atoms with Crippen molar-refractivity contribution in [2.24, 2.45) is 0 Å². The van der Waals surface area contributed by atoms with Crippen LogP contribution in [-0.4, -0.2) is 14.7 Å². The van der Waals surface area contributed by atoms with E-state index in [1.165, 1.54) is 12.1 Å². The second-order valence-electron chi connectivity index (χ2n) is 4.56. The van der Waals surface area contributed by atoms with E-state index in [9.17, 15) is 14.9 Å². The van der Waals surface area contributed by atoms with Gasteiger partial charge in [-0.1, -0.05) is 41.9 Å². The van der Waals surface area contributed by atoms with Crippen LogP contribution >= 0.6 is 11.6 Å². The predicted octanol–water partition coefficient (Wildman–Crippen LogP) is 2.94. The summed E-state index contributed by atoms with van der Waals surface area (Å²) in [4.78, 5) is 22.3. The Labute approximate surface area is 123 Å². The van der Waals surface area contributed by atoms with Gasteiger partial charge in [-0.25, -0.2) is 0 Å². The first-order valence-electron chi connectivity index (χ1n) is 6.17. The van der Waals surface area contributed by atoms with Crippen molar-refractivity contribution < 1.29 is 4.92 Å². The molecule has 3 aromatic rings. The van der Waals surface area contributed by atoms with Gasteiger partial charge in [-0.3, -0.25) is 24.7 Å². The Morgan fingerprint density at radius 1 is 1.19 bits per heavy atom. The molecule has 3 rings (SSSR count). The van der Waals surface area contributed by atoms with E-state index < -0.39 is 10.5 Å². The van der Waals surface area contributed by atoms with Crippen molar-refractivity contribution in [1.82, 2.24) is 9.78 Å². The number of hydrogen-bond donors (Lipinski definition) is 1. The lowest BCUT2D eigenvalue weighted by atomic mass is 10.2. The van der Waals surface area contributed by atoms with E-state index >= 15 is 0 Å². The number of nitrogens with zero attached hydrogens (tertiary/aromatic N) is 2. The molecule has 106 valence electrons. The molecule has 1 aromatic heterocycles. The van der Waals surface area contributed by atoms with Gasteiger partial charge in [-0.15, -0.1) is 0 Å². The van der Waals surface area contributed by atoms with Crippen LogP contribution in [0.4, 0.5) is 5.69 Å². The fourth-order valence-corrected chi connectivity index (χ4v) is 2.58. The zero-order valence-corrected chi connectivity index (χ0v) is 11.5. The third-order valence-electron chi connectivity index (χ3n) is 3.23. The highest BCUT2D eigenvalue weighted by molar-refractivity contribution is 6.37. The Bertz CT molecular complexity index is 884. The highest BCUT2D eigenvalue weighted by Gasteiger charge is 2.20. The first kappa shape index (κ1) is 13.4. The molecule has 7 heteroatoms. The van der Waals surface area contributed by atoms with Gasteiger partial charge < -0.3 is 0 Å². The molecule has 0 atom stereocenters. The van der Waals surface area contributed by atoms with E-state index in [0.29, 0.717) is 12.1 Å². The number of aromatic amines is 1. The van der Waals surface area contributed by atoms with Crippen LogP contribution in [0.15, 0.2) is 47.3 Å². The molecule has 0 saturated carbocycles. The second kappa shape index (κ2) is 5.06. The van der Waals surface area contributed by atoms with Gasteiger partial charge in [0.05, 0.1) is 22.4 Å². The lowest BCUT2D eigenvalue weighted by molar-refractivity contribution is -0.384. The normalized spacial score (nSPS) is 10.9. The monoisotopic (exact) mass is 303 g/mol. The Morgan fingerprint density at radius 3 is 2.57 bits per heavy atom. The number of nitro groups is 1. The Kier molecular flexibility index (Phi) is 3.23. The van der Waals surface area contributed by atoms with Gasteiger partial charge in [0, 0.05) is 6.07 Å². The summed E-state index contributed by atoms with van der Waals surface area (Å²) in [6.07, 6.45) is 0. The lowest BCUT2D eigenvalue weighted by Crippen LogP contribution is -2.06. The minimum Gasteiger partial charge on any atom is -0.280 e. The maximum atomic E-state index is 12.0. The smallest absolute Gasteiger partial charge is 0.280 e. The Morgan fingerprint density at radius 2 is 1.90 bits per heavy atom. The van der Waals surface area contributed by atoms with Crippen molar-refractivity contribution in [3.05, 3.63) is 73.5 Å². The maximum absolute atomic E-state index is 12.0. The molecule has 0 amide bonds. The van der Waals surface area contributed by atoms with Crippen LogP contribution in [0, 0.1) is 10.1 Å². The molecule has 0 aliphatic heterocycles. The summed E-state index contributed by atoms with van der Waals surface area (Å²) >= 11 is 5.98. The van der Waals surface area contributed by atoms with Crippen molar-refractivity contribution in [2.45, 2.75) is 6.54 Å². The van der Waals surface area contributed by atoms with Gasteiger partial charge in [0.1, 0.15) is 5.02 Å². The van der Waals surface area contributed by atoms with Crippen molar-refractivity contribution in [2.75, 3.05) is 0 Å². The minimum absolute atomic E-state index is 0.134. The largest absolute Gasteiger partial charge is 0.288 e. The fourth-order valence-electron chi connectivity index (χ4n) is 2.27. The van der Waals surface area contributed by atoms with Gasteiger partial charge in [-0.05, 0) is 11.6 Å². The summed E-state index contributed by atoms with van der Waals surface area (Å²) in [6, 6.07) is 12.4. The molecule has 1 heterocycles. The van der Waals surface area contributed by atoms with Gasteiger partial charge >= 0.3 is 0 Å². The number of benzene rings is 2. The number of aromatic nitrogens is 2. The first-order chi connectivity index (χ1) is 10.1. The van der Waals surface area contributed by atoms with Crippen LogP contribution < -0.4 is 5.56 Å². The van der Waals surface area contributed by atoms with Crippen molar-refractivity contribution in [3.8, 4) is 0 Å². The number of rotatable bonds is 3. The molecule has 0 bridgehead atoms. The summed E-state index contributed by atoms with van der Waals surface area (Å²) in [5, 5.41) is 13.5. The number of fused-ring (bicyclic) bond motifs is 1.